The molecule has 25 heavy (non-hydrogen) atoms. The Morgan fingerprint density at radius 2 is 1.76 bits per heavy atom. The molecule has 1 fully saturated rings. The quantitative estimate of drug-likeness (QED) is 0.857. The average Bonchev–Trinajstić information content (AvgIpc) is 2.67. The van der Waals surface area contributed by atoms with E-state index in [1.54, 1.807) is 0 Å². The molecule has 2 aromatic rings. The number of para-hydroxylation sites is 1. The van der Waals surface area contributed by atoms with Gasteiger partial charge in [0, 0.05) is 37.4 Å². The molecule has 3 rings (SSSR count). The minimum atomic E-state index is -0.0737. The highest BCUT2D eigenvalue weighted by Gasteiger charge is 2.15. The smallest absolute Gasteiger partial charge is 0.251 e. The summed E-state index contributed by atoms with van der Waals surface area (Å²) in [5.74, 6) is -0.0737. The first kappa shape index (κ1) is 19.2. The molecular weight excluding hydrogens is 338 g/mol. The number of ether oxygens (including phenoxy) is 1. The minimum Gasteiger partial charge on any atom is -0.378 e. The summed E-state index contributed by atoms with van der Waals surface area (Å²) < 4.78 is 5.42. The summed E-state index contributed by atoms with van der Waals surface area (Å²) in [5, 5.41) is 3.00. The first-order valence-corrected chi connectivity index (χ1v) is 8.26. The van der Waals surface area contributed by atoms with Crippen LogP contribution in [0.4, 0.5) is 5.69 Å². The van der Waals surface area contributed by atoms with Gasteiger partial charge in [0.2, 0.25) is 0 Å². The summed E-state index contributed by atoms with van der Waals surface area (Å²) in [6, 6.07) is 15.6. The molecular formula is C19H24ClN3O2. The van der Waals surface area contributed by atoms with Crippen molar-refractivity contribution in [2.45, 2.75) is 13.1 Å². The molecule has 0 saturated carbocycles. The van der Waals surface area contributed by atoms with E-state index >= 15 is 0 Å². The summed E-state index contributed by atoms with van der Waals surface area (Å²) in [4.78, 5) is 14.6. The summed E-state index contributed by atoms with van der Waals surface area (Å²) in [7, 11) is 0. The molecule has 1 heterocycles. The third-order valence-electron chi connectivity index (χ3n) is 4.23. The number of halogens is 1. The maximum absolute atomic E-state index is 12.3. The van der Waals surface area contributed by atoms with Crippen molar-refractivity contribution in [3.63, 3.8) is 0 Å². The highest BCUT2D eigenvalue weighted by Crippen LogP contribution is 2.21. The van der Waals surface area contributed by atoms with Crippen molar-refractivity contribution in [1.29, 1.82) is 0 Å². The Morgan fingerprint density at radius 3 is 2.44 bits per heavy atom. The topological polar surface area (TPSA) is 67.6 Å². The highest BCUT2D eigenvalue weighted by molar-refractivity contribution is 5.94. The molecule has 0 atom stereocenters. The molecule has 1 amide bonds. The molecule has 134 valence electrons. The van der Waals surface area contributed by atoms with Crippen molar-refractivity contribution in [1.82, 2.24) is 5.32 Å². The van der Waals surface area contributed by atoms with Crippen molar-refractivity contribution in [3.8, 4) is 0 Å². The zero-order chi connectivity index (χ0) is 16.8. The lowest BCUT2D eigenvalue weighted by atomic mass is 10.1. The minimum absolute atomic E-state index is 0. The van der Waals surface area contributed by atoms with Gasteiger partial charge >= 0.3 is 0 Å². The number of anilines is 1. The largest absolute Gasteiger partial charge is 0.378 e. The van der Waals surface area contributed by atoms with E-state index in [2.05, 4.69) is 22.3 Å². The van der Waals surface area contributed by atoms with Gasteiger partial charge in [-0.3, -0.25) is 4.79 Å². The Morgan fingerprint density at radius 1 is 1.08 bits per heavy atom. The van der Waals surface area contributed by atoms with Crippen molar-refractivity contribution in [3.05, 3.63) is 65.2 Å². The third-order valence-corrected chi connectivity index (χ3v) is 4.23. The molecule has 1 saturated heterocycles. The lowest BCUT2D eigenvalue weighted by Crippen LogP contribution is -2.37. The standard InChI is InChI=1S/C19H23N3O2.ClH/c20-13-15-5-7-16(8-6-15)19(23)21-14-17-3-1-2-4-18(17)22-9-11-24-12-10-22;/h1-8H,9-14,20H2,(H,21,23);1H. The zero-order valence-electron chi connectivity index (χ0n) is 14.1. The molecule has 0 aromatic heterocycles. The third kappa shape index (κ3) is 4.95. The monoisotopic (exact) mass is 361 g/mol. The second-order valence-corrected chi connectivity index (χ2v) is 5.81. The van der Waals surface area contributed by atoms with Crippen LogP contribution in [-0.4, -0.2) is 32.2 Å². The molecule has 0 unspecified atom stereocenters. The van der Waals surface area contributed by atoms with Gasteiger partial charge in [-0.25, -0.2) is 0 Å². The van der Waals surface area contributed by atoms with Crippen molar-refractivity contribution >= 4 is 24.0 Å². The van der Waals surface area contributed by atoms with Crippen LogP contribution in [0.1, 0.15) is 21.5 Å². The van der Waals surface area contributed by atoms with Gasteiger partial charge in [-0.15, -0.1) is 12.4 Å². The second kappa shape index (κ2) is 9.42. The Labute approximate surface area is 154 Å². The normalized spacial score (nSPS) is 13.9. The number of carbonyl (C=O) groups is 1. The van der Waals surface area contributed by atoms with Gasteiger partial charge in [-0.1, -0.05) is 30.3 Å². The zero-order valence-corrected chi connectivity index (χ0v) is 14.9. The van der Waals surface area contributed by atoms with Gasteiger partial charge in [-0.2, -0.15) is 0 Å². The number of nitrogens with zero attached hydrogens (tertiary/aromatic N) is 1. The van der Waals surface area contributed by atoms with Crippen molar-refractivity contribution in [2.75, 3.05) is 31.2 Å². The number of nitrogens with two attached hydrogens (primary N) is 1. The van der Waals surface area contributed by atoms with Crippen molar-refractivity contribution in [2.24, 2.45) is 5.73 Å². The Balaban J connectivity index is 0.00000225. The summed E-state index contributed by atoms with van der Waals surface area (Å²) >= 11 is 0. The van der Waals surface area contributed by atoms with E-state index in [4.69, 9.17) is 10.5 Å². The highest BCUT2D eigenvalue weighted by atomic mass is 35.5. The van der Waals surface area contributed by atoms with Crippen LogP contribution in [0, 0.1) is 0 Å². The van der Waals surface area contributed by atoms with Crippen LogP contribution in [0.25, 0.3) is 0 Å². The lowest BCUT2D eigenvalue weighted by Gasteiger charge is -2.30. The summed E-state index contributed by atoms with van der Waals surface area (Å²) in [5.41, 5.74) is 9.53. The fraction of sp³-hybridized carbons (Fsp3) is 0.316. The van der Waals surface area contributed by atoms with E-state index in [0.717, 1.165) is 37.4 Å². The van der Waals surface area contributed by atoms with Crippen LogP contribution >= 0.6 is 12.4 Å². The molecule has 1 aliphatic rings. The SMILES string of the molecule is Cl.NCc1ccc(C(=O)NCc2ccccc2N2CCOCC2)cc1. The van der Waals surface area contributed by atoms with Crippen LogP contribution < -0.4 is 16.0 Å². The van der Waals surface area contributed by atoms with E-state index in [1.807, 2.05) is 36.4 Å². The van der Waals surface area contributed by atoms with Crippen LogP contribution in [0.5, 0.6) is 0 Å². The van der Waals surface area contributed by atoms with Gasteiger partial charge in [-0.05, 0) is 29.3 Å². The molecule has 1 aliphatic heterocycles. The number of amides is 1. The van der Waals surface area contributed by atoms with Crippen molar-refractivity contribution < 1.29 is 9.53 Å². The number of rotatable bonds is 5. The van der Waals surface area contributed by atoms with Crippen LogP contribution in [0.2, 0.25) is 0 Å². The fourth-order valence-corrected chi connectivity index (χ4v) is 2.84. The fourth-order valence-electron chi connectivity index (χ4n) is 2.84. The molecule has 0 aliphatic carbocycles. The number of hydrogen-bond donors (Lipinski definition) is 2. The van der Waals surface area contributed by atoms with Crippen LogP contribution in [0.3, 0.4) is 0 Å². The van der Waals surface area contributed by atoms with E-state index in [9.17, 15) is 4.79 Å². The second-order valence-electron chi connectivity index (χ2n) is 5.81. The molecule has 6 heteroatoms. The number of hydrogen-bond acceptors (Lipinski definition) is 4. The van der Waals surface area contributed by atoms with Gasteiger partial charge in [0.25, 0.3) is 5.91 Å². The van der Waals surface area contributed by atoms with Gasteiger partial charge in [0.05, 0.1) is 13.2 Å². The number of nitrogens with one attached hydrogen (secondary N) is 1. The van der Waals surface area contributed by atoms with E-state index in [-0.39, 0.29) is 18.3 Å². The maximum Gasteiger partial charge on any atom is 0.251 e. The van der Waals surface area contributed by atoms with Gasteiger partial charge in [0.1, 0.15) is 0 Å². The molecule has 0 radical (unpaired) electrons. The Bertz CT molecular complexity index is 685. The molecule has 0 spiro atoms. The maximum atomic E-state index is 12.3. The van der Waals surface area contributed by atoms with E-state index < -0.39 is 0 Å². The Hall–Kier alpha value is -2.08. The average molecular weight is 362 g/mol. The molecule has 0 bridgehead atoms. The predicted octanol–water partition coefficient (Wildman–Crippen LogP) is 2.33. The van der Waals surface area contributed by atoms with E-state index in [1.165, 1.54) is 5.69 Å². The molecule has 5 nitrogen and oxygen atoms in total. The molecule has 2 aromatic carbocycles. The number of carbonyl (C=O) groups excluding carboxylic acids is 1. The number of morpholine rings is 1. The van der Waals surface area contributed by atoms with Crippen LogP contribution in [0.15, 0.2) is 48.5 Å². The predicted molar refractivity (Wildman–Crippen MR) is 102 cm³/mol. The number of benzene rings is 2. The lowest BCUT2D eigenvalue weighted by molar-refractivity contribution is 0.0950. The van der Waals surface area contributed by atoms with Crippen LogP contribution in [-0.2, 0) is 17.8 Å². The molecule has 3 N–H and O–H groups in total. The summed E-state index contributed by atoms with van der Waals surface area (Å²) in [6.07, 6.45) is 0. The summed E-state index contributed by atoms with van der Waals surface area (Å²) in [6.45, 7) is 4.24. The van der Waals surface area contributed by atoms with Gasteiger partial charge in [0.15, 0.2) is 0 Å². The first-order chi connectivity index (χ1) is 11.8. The van der Waals surface area contributed by atoms with E-state index in [0.29, 0.717) is 18.7 Å². The van der Waals surface area contributed by atoms with Gasteiger partial charge < -0.3 is 20.7 Å². The first-order valence-electron chi connectivity index (χ1n) is 8.26. The Kier molecular flexibility index (Phi) is 7.25.